The van der Waals surface area contributed by atoms with Crippen molar-refractivity contribution in [2.45, 2.75) is 24.3 Å². The van der Waals surface area contributed by atoms with Crippen LogP contribution in [-0.4, -0.2) is 51.4 Å². The van der Waals surface area contributed by atoms with Gasteiger partial charge in [-0.1, -0.05) is 17.7 Å². The van der Waals surface area contributed by atoms with Gasteiger partial charge < -0.3 is 4.90 Å². The van der Waals surface area contributed by atoms with E-state index in [1.54, 1.807) is 50.1 Å². The van der Waals surface area contributed by atoms with Crippen molar-refractivity contribution in [2.24, 2.45) is 0 Å². The maximum absolute atomic E-state index is 12.4. The topological polar surface area (TPSA) is 66.5 Å². The van der Waals surface area contributed by atoms with E-state index >= 15 is 0 Å². The van der Waals surface area contributed by atoms with Crippen molar-refractivity contribution in [2.75, 3.05) is 26.1 Å². The molecular formula is C14H22N2O3S2. The van der Waals surface area contributed by atoms with Crippen LogP contribution < -0.4 is 4.72 Å². The Morgan fingerprint density at radius 1 is 1.29 bits per heavy atom. The van der Waals surface area contributed by atoms with Gasteiger partial charge in [-0.15, -0.1) is 0 Å². The van der Waals surface area contributed by atoms with Crippen LogP contribution in [0.1, 0.15) is 12.0 Å². The number of carbonyl (C=O) groups is 1. The van der Waals surface area contributed by atoms with E-state index in [1.807, 2.05) is 13.2 Å². The van der Waals surface area contributed by atoms with Gasteiger partial charge in [-0.05, 0) is 37.5 Å². The lowest BCUT2D eigenvalue weighted by molar-refractivity contribution is -0.130. The smallest absolute Gasteiger partial charge is 0.241 e. The Balaban J connectivity index is 2.95. The fourth-order valence-corrected chi connectivity index (χ4v) is 3.45. The summed E-state index contributed by atoms with van der Waals surface area (Å²) in [5.74, 6) is 0.473. The molecule has 1 rings (SSSR count). The van der Waals surface area contributed by atoms with E-state index in [2.05, 4.69) is 4.72 Å². The van der Waals surface area contributed by atoms with Gasteiger partial charge in [-0.3, -0.25) is 4.79 Å². The van der Waals surface area contributed by atoms with Gasteiger partial charge in [-0.2, -0.15) is 16.5 Å². The fourth-order valence-electron chi connectivity index (χ4n) is 1.75. The minimum absolute atomic E-state index is 0.175. The second kappa shape index (κ2) is 7.82. The van der Waals surface area contributed by atoms with Crippen molar-refractivity contribution < 1.29 is 13.2 Å². The van der Waals surface area contributed by atoms with E-state index in [1.165, 1.54) is 4.90 Å². The van der Waals surface area contributed by atoms with Crippen molar-refractivity contribution in [3.8, 4) is 0 Å². The summed E-state index contributed by atoms with van der Waals surface area (Å²) in [5.41, 5.74) is 0.984. The second-order valence-corrected chi connectivity index (χ2v) is 7.70. The predicted octanol–water partition coefficient (Wildman–Crippen LogP) is 1.48. The largest absolute Gasteiger partial charge is 0.347 e. The van der Waals surface area contributed by atoms with Crippen LogP contribution in [0.3, 0.4) is 0 Å². The molecule has 0 aliphatic rings. The molecule has 0 aromatic heterocycles. The molecular weight excluding hydrogens is 308 g/mol. The Morgan fingerprint density at radius 2 is 1.86 bits per heavy atom. The minimum atomic E-state index is -3.69. The molecule has 21 heavy (non-hydrogen) atoms. The number of nitrogens with one attached hydrogen (secondary N) is 1. The van der Waals surface area contributed by atoms with Crippen LogP contribution in [-0.2, 0) is 14.8 Å². The summed E-state index contributed by atoms with van der Waals surface area (Å²) in [5, 5.41) is 0. The quantitative estimate of drug-likeness (QED) is 0.822. The number of nitrogens with zero attached hydrogens (tertiary/aromatic N) is 1. The molecule has 1 N–H and O–H groups in total. The average molecular weight is 330 g/mol. The van der Waals surface area contributed by atoms with Crippen LogP contribution in [0.25, 0.3) is 0 Å². The lowest BCUT2D eigenvalue weighted by atomic mass is 10.2. The van der Waals surface area contributed by atoms with E-state index in [0.717, 1.165) is 5.56 Å². The van der Waals surface area contributed by atoms with Gasteiger partial charge in [0.25, 0.3) is 0 Å². The number of sulfonamides is 1. The molecule has 1 aromatic rings. The number of hydrogen-bond acceptors (Lipinski definition) is 4. The van der Waals surface area contributed by atoms with Gasteiger partial charge in [-0.25, -0.2) is 8.42 Å². The van der Waals surface area contributed by atoms with Gasteiger partial charge in [0.2, 0.25) is 15.9 Å². The third-order valence-corrected chi connectivity index (χ3v) is 5.11. The molecule has 118 valence electrons. The maximum Gasteiger partial charge on any atom is 0.241 e. The first-order valence-corrected chi connectivity index (χ1v) is 9.44. The lowest BCUT2D eigenvalue weighted by Crippen LogP contribution is -2.46. The number of carbonyl (C=O) groups excluding carboxylic acids is 1. The normalized spacial score (nSPS) is 13.0. The number of hydrogen-bond donors (Lipinski definition) is 1. The molecule has 1 unspecified atom stereocenters. The second-order valence-electron chi connectivity index (χ2n) is 5.00. The zero-order chi connectivity index (χ0) is 16.0. The van der Waals surface area contributed by atoms with Crippen LogP contribution in [0.15, 0.2) is 29.2 Å². The molecule has 0 bridgehead atoms. The van der Waals surface area contributed by atoms with E-state index in [9.17, 15) is 13.2 Å². The Hall–Kier alpha value is -1.05. The van der Waals surface area contributed by atoms with E-state index in [4.69, 9.17) is 0 Å². The van der Waals surface area contributed by atoms with Gasteiger partial charge >= 0.3 is 0 Å². The number of aryl methyl sites for hydroxylation is 1. The number of benzene rings is 1. The van der Waals surface area contributed by atoms with Crippen molar-refractivity contribution in [1.29, 1.82) is 0 Å². The molecule has 1 aromatic carbocycles. The van der Waals surface area contributed by atoms with Crippen LogP contribution in [0.5, 0.6) is 0 Å². The van der Waals surface area contributed by atoms with Crippen molar-refractivity contribution in [1.82, 2.24) is 9.62 Å². The Labute approximate surface area is 131 Å². The molecule has 0 radical (unpaired) electrons. The third-order valence-electron chi connectivity index (χ3n) is 2.98. The standard InChI is InChI=1S/C14H22N2O3S2/c1-11-5-7-12(8-6-11)21(18,19)15-13(9-10-20-4)14(17)16(2)3/h5-8,13,15H,9-10H2,1-4H3. The minimum Gasteiger partial charge on any atom is -0.347 e. The summed E-state index contributed by atoms with van der Waals surface area (Å²) in [6, 6.07) is 5.82. The molecule has 7 heteroatoms. The van der Waals surface area contributed by atoms with Gasteiger partial charge in [0.15, 0.2) is 0 Å². The highest BCUT2D eigenvalue weighted by Gasteiger charge is 2.26. The van der Waals surface area contributed by atoms with Crippen molar-refractivity contribution in [3.63, 3.8) is 0 Å². The molecule has 0 aliphatic heterocycles. The predicted molar refractivity (Wildman–Crippen MR) is 87.0 cm³/mol. The lowest BCUT2D eigenvalue weighted by Gasteiger charge is -2.21. The van der Waals surface area contributed by atoms with Crippen LogP contribution >= 0.6 is 11.8 Å². The highest BCUT2D eigenvalue weighted by atomic mass is 32.2. The van der Waals surface area contributed by atoms with Crippen molar-refractivity contribution >= 4 is 27.7 Å². The summed E-state index contributed by atoms with van der Waals surface area (Å²) in [6.07, 6.45) is 2.38. The fraction of sp³-hybridized carbons (Fsp3) is 0.500. The molecule has 0 heterocycles. The molecule has 5 nitrogen and oxygen atoms in total. The first kappa shape index (κ1) is 18.0. The molecule has 1 amide bonds. The molecule has 0 saturated carbocycles. The highest BCUT2D eigenvalue weighted by molar-refractivity contribution is 7.98. The number of thioether (sulfide) groups is 1. The molecule has 0 fully saturated rings. The summed E-state index contributed by atoms with van der Waals surface area (Å²) in [4.78, 5) is 13.7. The number of rotatable bonds is 7. The van der Waals surface area contributed by atoms with E-state index in [0.29, 0.717) is 12.2 Å². The Kier molecular flexibility index (Phi) is 6.70. The zero-order valence-electron chi connectivity index (χ0n) is 12.8. The summed E-state index contributed by atoms with van der Waals surface area (Å²) in [6.45, 7) is 1.89. The first-order chi connectivity index (χ1) is 9.77. The maximum atomic E-state index is 12.4. The van der Waals surface area contributed by atoms with Crippen LogP contribution in [0.2, 0.25) is 0 Å². The number of amides is 1. The average Bonchev–Trinajstić information content (AvgIpc) is 2.43. The zero-order valence-corrected chi connectivity index (χ0v) is 14.4. The Bertz CT molecular complexity index is 568. The Morgan fingerprint density at radius 3 is 2.33 bits per heavy atom. The molecule has 0 saturated heterocycles. The van der Waals surface area contributed by atoms with E-state index in [-0.39, 0.29) is 10.8 Å². The summed E-state index contributed by atoms with van der Waals surface area (Å²) >= 11 is 1.58. The van der Waals surface area contributed by atoms with Crippen LogP contribution in [0, 0.1) is 6.92 Å². The van der Waals surface area contributed by atoms with Crippen LogP contribution in [0.4, 0.5) is 0 Å². The van der Waals surface area contributed by atoms with E-state index < -0.39 is 16.1 Å². The third kappa shape index (κ3) is 5.33. The first-order valence-electron chi connectivity index (χ1n) is 6.57. The van der Waals surface area contributed by atoms with Gasteiger partial charge in [0.1, 0.15) is 6.04 Å². The van der Waals surface area contributed by atoms with Gasteiger partial charge in [0, 0.05) is 14.1 Å². The number of likely N-dealkylation sites (N-methyl/N-ethyl adjacent to an activating group) is 1. The van der Waals surface area contributed by atoms with Gasteiger partial charge in [0.05, 0.1) is 4.90 Å². The highest BCUT2D eigenvalue weighted by Crippen LogP contribution is 2.12. The summed E-state index contributed by atoms with van der Waals surface area (Å²) < 4.78 is 27.2. The molecule has 1 atom stereocenters. The van der Waals surface area contributed by atoms with Crippen molar-refractivity contribution in [3.05, 3.63) is 29.8 Å². The summed E-state index contributed by atoms with van der Waals surface area (Å²) in [7, 11) is -0.453. The SMILES string of the molecule is CSCCC(NS(=O)(=O)c1ccc(C)cc1)C(=O)N(C)C. The molecule has 0 aliphatic carbocycles. The monoisotopic (exact) mass is 330 g/mol. The molecule has 0 spiro atoms.